The molecular weight excluding hydrogens is 443 g/mol. The molecule has 0 aliphatic carbocycles. The highest BCUT2D eigenvalue weighted by Crippen LogP contribution is 2.09. The van der Waals surface area contributed by atoms with Crippen molar-refractivity contribution in [3.63, 3.8) is 0 Å². The molecule has 0 heterocycles. The van der Waals surface area contributed by atoms with E-state index < -0.39 is 10.0 Å². The van der Waals surface area contributed by atoms with Crippen molar-refractivity contribution in [1.29, 1.82) is 0 Å². The summed E-state index contributed by atoms with van der Waals surface area (Å²) in [5.41, 5.74) is 0. The maximum absolute atomic E-state index is 11.0. The van der Waals surface area contributed by atoms with E-state index in [2.05, 4.69) is 34.2 Å². The predicted octanol–water partition coefficient (Wildman–Crippen LogP) is 1.55. The fourth-order valence-electron chi connectivity index (χ4n) is 2.03. The van der Waals surface area contributed by atoms with E-state index in [9.17, 15) is 8.42 Å². The van der Waals surface area contributed by atoms with Gasteiger partial charge < -0.3 is 15.4 Å². The Morgan fingerprint density at radius 3 is 2.33 bits per heavy atom. The van der Waals surface area contributed by atoms with Gasteiger partial charge in [-0.15, -0.1) is 24.0 Å². The van der Waals surface area contributed by atoms with Crippen molar-refractivity contribution in [3.8, 4) is 0 Å². The minimum atomic E-state index is -3.12. The quantitative estimate of drug-likeness (QED) is 0.171. The molecule has 9 heteroatoms. The largest absolute Gasteiger partial charge is 0.378 e. The van der Waals surface area contributed by atoms with Crippen LogP contribution in [0.15, 0.2) is 4.99 Å². The van der Waals surface area contributed by atoms with Crippen molar-refractivity contribution in [2.45, 2.75) is 46.6 Å². The van der Waals surface area contributed by atoms with Gasteiger partial charge in [0.25, 0.3) is 0 Å². The van der Waals surface area contributed by atoms with E-state index in [1.807, 2.05) is 13.8 Å². The third-order valence-corrected chi connectivity index (χ3v) is 3.89. The van der Waals surface area contributed by atoms with Crippen LogP contribution in [0.2, 0.25) is 0 Å². The third-order valence-electron chi connectivity index (χ3n) is 3.16. The Kier molecular flexibility index (Phi) is 16.5. The lowest BCUT2D eigenvalue weighted by Crippen LogP contribution is -2.39. The summed E-state index contributed by atoms with van der Waals surface area (Å²) in [5.74, 6) is 1.24. The van der Waals surface area contributed by atoms with Crippen LogP contribution < -0.4 is 15.4 Å². The maximum Gasteiger partial charge on any atom is 0.208 e. The highest BCUT2D eigenvalue weighted by molar-refractivity contribution is 14.0. The Hall–Kier alpha value is -0.130. The molecule has 0 saturated heterocycles. The van der Waals surface area contributed by atoms with Gasteiger partial charge in [0.15, 0.2) is 5.96 Å². The third kappa shape index (κ3) is 15.4. The van der Waals surface area contributed by atoms with E-state index in [4.69, 9.17) is 4.74 Å². The Bertz CT molecular complexity index is 430. The molecule has 1 atom stereocenters. The number of nitrogens with zero attached hydrogens (tertiary/aromatic N) is 1. The molecule has 1 unspecified atom stereocenters. The van der Waals surface area contributed by atoms with Gasteiger partial charge in [-0.25, -0.2) is 13.1 Å². The van der Waals surface area contributed by atoms with Crippen LogP contribution in [0.4, 0.5) is 0 Å². The van der Waals surface area contributed by atoms with Crippen LogP contribution in [0, 0.1) is 5.92 Å². The van der Waals surface area contributed by atoms with Crippen LogP contribution in [0.3, 0.4) is 0 Å². The summed E-state index contributed by atoms with van der Waals surface area (Å²) in [7, 11) is -3.12. The standard InChI is InChI=1S/C15H34N4O3S.HI/c1-6-16-15(17-10-8-11-19-23(5,20)21)18-12-9-14(13(3)4)22-7-2;/h13-14,19H,6-12H2,1-5H3,(H2,16,17,18);1H. The summed E-state index contributed by atoms with van der Waals surface area (Å²) in [6.07, 6.45) is 2.99. The SMILES string of the molecule is CCNC(=NCCCNS(C)(=O)=O)NCCC(OCC)C(C)C.I. The molecule has 0 fully saturated rings. The molecule has 0 aromatic heterocycles. The van der Waals surface area contributed by atoms with Crippen LogP contribution in [-0.4, -0.2) is 59.5 Å². The Morgan fingerprint density at radius 1 is 1.17 bits per heavy atom. The first-order chi connectivity index (χ1) is 10.8. The van der Waals surface area contributed by atoms with E-state index in [0.717, 1.165) is 38.3 Å². The monoisotopic (exact) mass is 478 g/mol. The fourth-order valence-corrected chi connectivity index (χ4v) is 2.54. The van der Waals surface area contributed by atoms with Crippen molar-refractivity contribution in [3.05, 3.63) is 0 Å². The van der Waals surface area contributed by atoms with E-state index in [-0.39, 0.29) is 30.1 Å². The molecule has 0 aliphatic rings. The van der Waals surface area contributed by atoms with Crippen molar-refractivity contribution >= 4 is 40.0 Å². The van der Waals surface area contributed by atoms with E-state index in [1.165, 1.54) is 0 Å². The summed E-state index contributed by atoms with van der Waals surface area (Å²) in [6, 6.07) is 0. The van der Waals surface area contributed by atoms with Gasteiger partial charge in [-0.3, -0.25) is 4.99 Å². The van der Waals surface area contributed by atoms with Gasteiger partial charge in [0.05, 0.1) is 12.4 Å². The summed E-state index contributed by atoms with van der Waals surface area (Å²) < 4.78 is 30.1. The van der Waals surface area contributed by atoms with Gasteiger partial charge in [0, 0.05) is 32.8 Å². The van der Waals surface area contributed by atoms with Gasteiger partial charge in [0.1, 0.15) is 0 Å². The molecule has 0 spiro atoms. The number of guanidine groups is 1. The second kappa shape index (κ2) is 15.2. The summed E-state index contributed by atoms with van der Waals surface area (Å²) >= 11 is 0. The molecule has 0 aliphatic heterocycles. The lowest BCUT2D eigenvalue weighted by molar-refractivity contribution is 0.0258. The number of ether oxygens (including phenoxy) is 1. The minimum absolute atomic E-state index is 0. The molecule has 0 saturated carbocycles. The second-order valence-electron chi connectivity index (χ2n) is 5.73. The van der Waals surface area contributed by atoms with Crippen molar-refractivity contribution in [2.24, 2.45) is 10.9 Å². The van der Waals surface area contributed by atoms with Gasteiger partial charge in [-0.2, -0.15) is 0 Å². The molecule has 0 rings (SSSR count). The van der Waals surface area contributed by atoms with Crippen LogP contribution in [-0.2, 0) is 14.8 Å². The van der Waals surface area contributed by atoms with Gasteiger partial charge in [0.2, 0.25) is 10.0 Å². The van der Waals surface area contributed by atoms with E-state index in [0.29, 0.717) is 25.4 Å². The topological polar surface area (TPSA) is 91.8 Å². The normalized spacial score (nSPS) is 13.5. The Balaban J connectivity index is 0. The Labute approximate surface area is 164 Å². The molecule has 7 nitrogen and oxygen atoms in total. The van der Waals surface area contributed by atoms with Crippen molar-refractivity contribution in [1.82, 2.24) is 15.4 Å². The summed E-state index contributed by atoms with van der Waals surface area (Å²) in [4.78, 5) is 4.44. The number of rotatable bonds is 12. The summed E-state index contributed by atoms with van der Waals surface area (Å²) in [5, 5.41) is 6.48. The molecule has 0 amide bonds. The molecule has 146 valence electrons. The zero-order valence-corrected chi connectivity index (χ0v) is 18.7. The highest BCUT2D eigenvalue weighted by atomic mass is 127. The zero-order valence-electron chi connectivity index (χ0n) is 15.6. The molecule has 0 radical (unpaired) electrons. The Morgan fingerprint density at radius 2 is 1.83 bits per heavy atom. The van der Waals surface area contributed by atoms with Crippen LogP contribution in [0.25, 0.3) is 0 Å². The molecule has 0 aromatic rings. The van der Waals surface area contributed by atoms with E-state index in [1.54, 1.807) is 0 Å². The number of sulfonamides is 1. The number of aliphatic imine (C=N–C) groups is 1. The van der Waals surface area contributed by atoms with Crippen LogP contribution >= 0.6 is 24.0 Å². The maximum atomic E-state index is 11.0. The first-order valence-corrected chi connectivity index (χ1v) is 10.3. The van der Waals surface area contributed by atoms with Gasteiger partial charge >= 0.3 is 0 Å². The smallest absolute Gasteiger partial charge is 0.208 e. The van der Waals surface area contributed by atoms with Gasteiger partial charge in [-0.05, 0) is 32.6 Å². The van der Waals surface area contributed by atoms with Gasteiger partial charge in [-0.1, -0.05) is 13.8 Å². The second-order valence-corrected chi connectivity index (χ2v) is 7.57. The lowest BCUT2D eigenvalue weighted by Gasteiger charge is -2.21. The van der Waals surface area contributed by atoms with Crippen molar-refractivity contribution in [2.75, 3.05) is 39.0 Å². The van der Waals surface area contributed by atoms with E-state index >= 15 is 0 Å². The highest BCUT2D eigenvalue weighted by Gasteiger charge is 2.12. The molecule has 0 bridgehead atoms. The fraction of sp³-hybridized carbons (Fsp3) is 0.933. The molecule has 0 aromatic carbocycles. The first kappa shape index (κ1) is 26.1. The molecular formula is C15H35IN4O3S. The zero-order chi connectivity index (χ0) is 17.7. The average molecular weight is 478 g/mol. The molecule has 24 heavy (non-hydrogen) atoms. The number of hydrogen-bond acceptors (Lipinski definition) is 4. The van der Waals surface area contributed by atoms with Crippen molar-refractivity contribution < 1.29 is 13.2 Å². The number of halogens is 1. The van der Waals surface area contributed by atoms with Crippen LogP contribution in [0.5, 0.6) is 0 Å². The average Bonchev–Trinajstić information content (AvgIpc) is 2.44. The van der Waals surface area contributed by atoms with Crippen LogP contribution in [0.1, 0.15) is 40.5 Å². The minimum Gasteiger partial charge on any atom is -0.378 e. The summed E-state index contributed by atoms with van der Waals surface area (Å²) in [6.45, 7) is 11.6. The lowest BCUT2D eigenvalue weighted by atomic mass is 10.0. The number of hydrogen-bond donors (Lipinski definition) is 3. The number of nitrogens with one attached hydrogen (secondary N) is 3. The molecule has 3 N–H and O–H groups in total. The predicted molar refractivity (Wildman–Crippen MR) is 112 cm³/mol. The first-order valence-electron chi connectivity index (χ1n) is 8.38.